The molecule has 0 amide bonds. The first-order valence-electron chi connectivity index (χ1n) is 7.85. The Balaban J connectivity index is 2.02. The van der Waals surface area contributed by atoms with Crippen molar-refractivity contribution in [3.63, 3.8) is 0 Å². The van der Waals surface area contributed by atoms with Gasteiger partial charge in [-0.3, -0.25) is 4.40 Å². The van der Waals surface area contributed by atoms with E-state index in [0.29, 0.717) is 0 Å². The second-order valence-corrected chi connectivity index (χ2v) is 7.01. The molecular weight excluding hydrogens is 314 g/mol. The maximum Gasteiger partial charge on any atom is 0.147 e. The Hall–Kier alpha value is -2.98. The van der Waals surface area contributed by atoms with E-state index < -0.39 is 0 Å². The highest BCUT2D eigenvalue weighted by Gasteiger charge is 2.15. The van der Waals surface area contributed by atoms with Crippen molar-refractivity contribution in [3.05, 3.63) is 67.1 Å². The second-order valence-electron chi connectivity index (χ2n) is 5.96. The number of nitrogens with zero attached hydrogens (tertiary/aromatic N) is 3. The average Bonchev–Trinajstić information content (AvgIpc) is 3.26. The van der Waals surface area contributed by atoms with E-state index in [-0.39, 0.29) is 0 Å². The summed E-state index contributed by atoms with van der Waals surface area (Å²) in [5.74, 6) is 0. The van der Waals surface area contributed by atoms with E-state index in [1.165, 1.54) is 30.9 Å². The topological polar surface area (TPSA) is 30.2 Å². The fourth-order valence-corrected chi connectivity index (χ4v) is 4.94. The van der Waals surface area contributed by atoms with Crippen molar-refractivity contribution in [1.82, 2.24) is 14.4 Å². The molecule has 0 unspecified atom stereocenters. The van der Waals surface area contributed by atoms with Crippen LogP contribution in [0, 0.1) is 0 Å². The lowest BCUT2D eigenvalue weighted by Crippen LogP contribution is -1.92. The molecule has 4 heterocycles. The van der Waals surface area contributed by atoms with E-state index in [0.717, 1.165) is 16.7 Å². The summed E-state index contributed by atoms with van der Waals surface area (Å²) in [6.07, 6.45) is 5.69. The van der Waals surface area contributed by atoms with Crippen LogP contribution >= 0.6 is 11.3 Å². The molecule has 0 atom stereocenters. The van der Waals surface area contributed by atoms with Gasteiger partial charge in [0.05, 0.1) is 0 Å². The summed E-state index contributed by atoms with van der Waals surface area (Å²) in [6.45, 7) is 0. The van der Waals surface area contributed by atoms with Crippen molar-refractivity contribution in [2.45, 2.75) is 0 Å². The van der Waals surface area contributed by atoms with E-state index in [9.17, 15) is 0 Å². The molecule has 0 aliphatic carbocycles. The van der Waals surface area contributed by atoms with Crippen LogP contribution < -0.4 is 0 Å². The third-order valence-electron chi connectivity index (χ3n) is 4.72. The van der Waals surface area contributed by atoms with Crippen LogP contribution in [0.1, 0.15) is 0 Å². The molecular formula is C20H11N3S. The molecule has 0 aliphatic heterocycles. The lowest BCUT2D eigenvalue weighted by atomic mass is 10.0. The van der Waals surface area contributed by atoms with E-state index in [1.54, 1.807) is 0 Å². The zero-order chi connectivity index (χ0) is 15.7. The van der Waals surface area contributed by atoms with Crippen LogP contribution in [-0.4, -0.2) is 14.4 Å². The van der Waals surface area contributed by atoms with Crippen LogP contribution in [0.3, 0.4) is 0 Å². The van der Waals surface area contributed by atoms with Crippen molar-refractivity contribution in [1.29, 1.82) is 0 Å². The number of hydrogen-bond acceptors (Lipinski definition) is 3. The highest BCUT2D eigenvalue weighted by molar-refractivity contribution is 7.26. The molecule has 0 saturated heterocycles. The summed E-state index contributed by atoms with van der Waals surface area (Å²) < 4.78 is 4.72. The minimum Gasteiger partial charge on any atom is -0.283 e. The Bertz CT molecular complexity index is 1410. The van der Waals surface area contributed by atoms with Crippen molar-refractivity contribution in [2.24, 2.45) is 0 Å². The van der Waals surface area contributed by atoms with E-state index in [1.807, 2.05) is 36.0 Å². The Labute approximate surface area is 140 Å². The normalized spacial score (nSPS) is 12.2. The summed E-state index contributed by atoms with van der Waals surface area (Å²) >= 11 is 1.84. The lowest BCUT2D eigenvalue weighted by molar-refractivity contribution is 1.20. The first-order valence-corrected chi connectivity index (χ1v) is 8.67. The predicted octanol–water partition coefficient (Wildman–Crippen LogP) is 5.40. The summed E-state index contributed by atoms with van der Waals surface area (Å²) in [4.78, 5) is 9.23. The number of rotatable bonds is 0. The molecule has 112 valence electrons. The van der Waals surface area contributed by atoms with Crippen LogP contribution in [0.5, 0.6) is 0 Å². The molecule has 6 rings (SSSR count). The molecule has 3 nitrogen and oxygen atoms in total. The molecule has 0 spiro atoms. The maximum absolute atomic E-state index is 4.65. The second kappa shape index (κ2) is 4.30. The molecule has 4 aromatic heterocycles. The lowest BCUT2D eigenvalue weighted by Gasteiger charge is -2.08. The number of pyridine rings is 2. The van der Waals surface area contributed by atoms with Gasteiger partial charge in [0.2, 0.25) is 0 Å². The standard InChI is InChI=1S/C20H11N3S/c1-2-6-16-12(4-1)14-8-7-13-15-5-3-9-21-19(15)23-11-10-22-20(23)17(13)18(14)24-16/h1-11H. The molecule has 0 aliphatic rings. The van der Waals surface area contributed by atoms with Gasteiger partial charge in [-0.05, 0) is 23.6 Å². The summed E-state index contributed by atoms with van der Waals surface area (Å²) in [6, 6.07) is 17.2. The van der Waals surface area contributed by atoms with Gasteiger partial charge in [0.25, 0.3) is 0 Å². The van der Waals surface area contributed by atoms with Crippen LogP contribution in [0.15, 0.2) is 67.1 Å². The Morgan fingerprint density at radius 3 is 2.54 bits per heavy atom. The van der Waals surface area contributed by atoms with Crippen LogP contribution in [0.4, 0.5) is 0 Å². The fourth-order valence-electron chi connectivity index (χ4n) is 3.69. The molecule has 6 aromatic rings. The Morgan fingerprint density at radius 1 is 0.708 bits per heavy atom. The summed E-state index contributed by atoms with van der Waals surface area (Å²) in [5, 5.41) is 6.22. The van der Waals surface area contributed by atoms with Gasteiger partial charge in [-0.2, -0.15) is 0 Å². The SMILES string of the molecule is c1ccc2c(c1)sc1c2ccc2c3cccnc3n3ccnc3c21. The van der Waals surface area contributed by atoms with Crippen LogP contribution in [-0.2, 0) is 0 Å². The van der Waals surface area contributed by atoms with E-state index >= 15 is 0 Å². The zero-order valence-electron chi connectivity index (χ0n) is 12.6. The molecule has 0 N–H and O–H groups in total. The monoisotopic (exact) mass is 325 g/mol. The van der Waals surface area contributed by atoms with Crippen molar-refractivity contribution < 1.29 is 0 Å². The predicted molar refractivity (Wildman–Crippen MR) is 101 cm³/mol. The minimum absolute atomic E-state index is 0.956. The molecule has 0 radical (unpaired) electrons. The first-order chi connectivity index (χ1) is 11.9. The third-order valence-corrected chi connectivity index (χ3v) is 5.92. The van der Waals surface area contributed by atoms with Gasteiger partial charge in [-0.1, -0.05) is 30.3 Å². The van der Waals surface area contributed by atoms with Gasteiger partial charge < -0.3 is 0 Å². The highest BCUT2D eigenvalue weighted by atomic mass is 32.1. The number of hydrogen-bond donors (Lipinski definition) is 0. The fraction of sp³-hybridized carbons (Fsp3) is 0. The molecule has 0 fully saturated rings. The summed E-state index contributed by atoms with van der Waals surface area (Å²) in [5.41, 5.74) is 1.94. The van der Waals surface area contributed by atoms with Gasteiger partial charge in [0.15, 0.2) is 0 Å². The first kappa shape index (κ1) is 12.4. The summed E-state index contributed by atoms with van der Waals surface area (Å²) in [7, 11) is 0. The quantitative estimate of drug-likeness (QED) is 0.350. The van der Waals surface area contributed by atoms with Gasteiger partial charge in [-0.25, -0.2) is 9.97 Å². The van der Waals surface area contributed by atoms with Crippen LogP contribution in [0.2, 0.25) is 0 Å². The molecule has 2 aromatic carbocycles. The Morgan fingerprint density at radius 2 is 1.54 bits per heavy atom. The van der Waals surface area contributed by atoms with Gasteiger partial charge in [0, 0.05) is 49.5 Å². The maximum atomic E-state index is 4.65. The molecule has 4 heteroatoms. The number of fused-ring (bicyclic) bond motifs is 10. The third kappa shape index (κ3) is 1.42. The van der Waals surface area contributed by atoms with E-state index in [2.05, 4.69) is 56.8 Å². The zero-order valence-corrected chi connectivity index (χ0v) is 13.4. The molecule has 0 saturated carbocycles. The molecule has 24 heavy (non-hydrogen) atoms. The number of thiophene rings is 1. The van der Waals surface area contributed by atoms with Crippen LogP contribution in [0.25, 0.3) is 47.6 Å². The molecule has 0 bridgehead atoms. The van der Waals surface area contributed by atoms with Crippen molar-refractivity contribution in [3.8, 4) is 0 Å². The largest absolute Gasteiger partial charge is 0.283 e. The minimum atomic E-state index is 0.956. The van der Waals surface area contributed by atoms with Gasteiger partial charge in [0.1, 0.15) is 11.3 Å². The van der Waals surface area contributed by atoms with Gasteiger partial charge >= 0.3 is 0 Å². The number of benzene rings is 2. The Kier molecular flexibility index (Phi) is 2.23. The number of aromatic nitrogens is 3. The highest BCUT2D eigenvalue weighted by Crippen LogP contribution is 2.41. The van der Waals surface area contributed by atoms with E-state index in [4.69, 9.17) is 0 Å². The van der Waals surface area contributed by atoms with Crippen molar-refractivity contribution >= 4 is 59.0 Å². The van der Waals surface area contributed by atoms with Gasteiger partial charge in [-0.15, -0.1) is 11.3 Å². The average molecular weight is 325 g/mol. The number of imidazole rings is 1. The smallest absolute Gasteiger partial charge is 0.147 e. The van der Waals surface area contributed by atoms with Crippen molar-refractivity contribution in [2.75, 3.05) is 0 Å².